The van der Waals surface area contributed by atoms with E-state index in [0.29, 0.717) is 12.5 Å². The Morgan fingerprint density at radius 1 is 1.42 bits per heavy atom. The largest absolute Gasteiger partial charge is 0.348 e. The van der Waals surface area contributed by atoms with E-state index in [9.17, 15) is 14.9 Å². The minimum Gasteiger partial charge on any atom is -0.348 e. The molecule has 19 heavy (non-hydrogen) atoms. The second-order valence-electron chi connectivity index (χ2n) is 4.94. The second-order valence-corrected chi connectivity index (χ2v) is 4.94. The number of rotatable bonds is 3. The van der Waals surface area contributed by atoms with Crippen LogP contribution in [0.5, 0.6) is 0 Å². The van der Waals surface area contributed by atoms with Crippen LogP contribution in [0, 0.1) is 16.0 Å². The molecule has 6 nitrogen and oxygen atoms in total. The molecule has 6 heteroatoms. The van der Waals surface area contributed by atoms with Crippen molar-refractivity contribution in [3.8, 4) is 0 Å². The van der Waals surface area contributed by atoms with E-state index in [1.807, 2.05) is 0 Å². The van der Waals surface area contributed by atoms with Crippen LogP contribution in [0.25, 0.3) is 0 Å². The van der Waals surface area contributed by atoms with Gasteiger partial charge in [0.25, 0.3) is 11.6 Å². The van der Waals surface area contributed by atoms with Crippen molar-refractivity contribution < 1.29 is 9.72 Å². The number of hydrogen-bond donors (Lipinski definition) is 2. The predicted molar refractivity (Wildman–Crippen MR) is 71.0 cm³/mol. The summed E-state index contributed by atoms with van der Waals surface area (Å²) in [4.78, 5) is 22.5. The summed E-state index contributed by atoms with van der Waals surface area (Å²) in [5.74, 6) is 0.109. The van der Waals surface area contributed by atoms with Crippen LogP contribution in [0.15, 0.2) is 24.3 Å². The Balaban J connectivity index is 2.09. The van der Waals surface area contributed by atoms with Gasteiger partial charge in [-0.2, -0.15) is 0 Å². The van der Waals surface area contributed by atoms with Crippen molar-refractivity contribution in [3.63, 3.8) is 0 Å². The Morgan fingerprint density at radius 2 is 2.16 bits per heavy atom. The molecule has 0 bridgehead atoms. The van der Waals surface area contributed by atoms with Gasteiger partial charge in [-0.15, -0.1) is 0 Å². The van der Waals surface area contributed by atoms with Crippen LogP contribution in [-0.4, -0.2) is 30.0 Å². The number of nitro benzene ring substituents is 1. The standard InChI is InChI=1S/C13H17N3O3/c1-9-6-10(8-14-7-9)15-13(17)11-4-2-3-5-12(11)16(18)19/h2-5,9-10,14H,6-8H2,1H3,(H,15,17). The van der Waals surface area contributed by atoms with E-state index in [4.69, 9.17) is 0 Å². The highest BCUT2D eigenvalue weighted by Crippen LogP contribution is 2.18. The number of piperidine rings is 1. The third kappa shape index (κ3) is 3.29. The molecule has 2 unspecified atom stereocenters. The zero-order valence-corrected chi connectivity index (χ0v) is 10.8. The maximum atomic E-state index is 12.1. The third-order valence-corrected chi connectivity index (χ3v) is 3.25. The SMILES string of the molecule is CC1CNCC(NC(=O)c2ccccc2[N+](=O)[O-])C1. The summed E-state index contributed by atoms with van der Waals surface area (Å²) in [5, 5.41) is 17.0. The average molecular weight is 263 g/mol. The van der Waals surface area contributed by atoms with Crippen molar-refractivity contribution >= 4 is 11.6 Å². The van der Waals surface area contributed by atoms with E-state index in [2.05, 4.69) is 17.6 Å². The predicted octanol–water partition coefficient (Wildman–Crippen LogP) is 1.32. The molecule has 1 aromatic carbocycles. The first-order valence-electron chi connectivity index (χ1n) is 6.33. The normalized spacial score (nSPS) is 22.8. The summed E-state index contributed by atoms with van der Waals surface area (Å²) in [6, 6.07) is 6.03. The van der Waals surface area contributed by atoms with E-state index in [0.717, 1.165) is 13.0 Å². The van der Waals surface area contributed by atoms with Crippen LogP contribution in [0.4, 0.5) is 5.69 Å². The van der Waals surface area contributed by atoms with Crippen LogP contribution in [0.1, 0.15) is 23.7 Å². The number of nitrogens with one attached hydrogen (secondary N) is 2. The van der Waals surface area contributed by atoms with E-state index in [1.165, 1.54) is 12.1 Å². The van der Waals surface area contributed by atoms with Crippen LogP contribution in [-0.2, 0) is 0 Å². The Morgan fingerprint density at radius 3 is 2.84 bits per heavy atom. The Hall–Kier alpha value is -1.95. The summed E-state index contributed by atoms with van der Waals surface area (Å²) in [7, 11) is 0. The van der Waals surface area contributed by atoms with E-state index < -0.39 is 4.92 Å². The lowest BCUT2D eigenvalue weighted by Crippen LogP contribution is -2.48. The number of carbonyl (C=O) groups excluding carboxylic acids is 1. The topological polar surface area (TPSA) is 84.3 Å². The number of nitrogens with zero attached hydrogens (tertiary/aromatic N) is 1. The van der Waals surface area contributed by atoms with E-state index in [1.54, 1.807) is 12.1 Å². The van der Waals surface area contributed by atoms with Crippen LogP contribution >= 0.6 is 0 Å². The zero-order valence-electron chi connectivity index (χ0n) is 10.8. The Bertz CT molecular complexity index is 490. The molecule has 0 spiro atoms. The lowest BCUT2D eigenvalue weighted by Gasteiger charge is -2.28. The van der Waals surface area contributed by atoms with Gasteiger partial charge in [0.15, 0.2) is 0 Å². The molecule has 0 saturated carbocycles. The number of benzene rings is 1. The lowest BCUT2D eigenvalue weighted by molar-refractivity contribution is -0.385. The summed E-state index contributed by atoms with van der Waals surface area (Å²) >= 11 is 0. The highest BCUT2D eigenvalue weighted by molar-refractivity contribution is 5.98. The summed E-state index contributed by atoms with van der Waals surface area (Å²) in [6.45, 7) is 3.75. The quantitative estimate of drug-likeness (QED) is 0.636. The lowest BCUT2D eigenvalue weighted by atomic mass is 9.97. The summed E-state index contributed by atoms with van der Waals surface area (Å²) < 4.78 is 0. The van der Waals surface area contributed by atoms with Crippen molar-refractivity contribution in [1.29, 1.82) is 0 Å². The molecular formula is C13H17N3O3. The highest BCUT2D eigenvalue weighted by atomic mass is 16.6. The van der Waals surface area contributed by atoms with Crippen molar-refractivity contribution in [2.75, 3.05) is 13.1 Å². The molecule has 0 aromatic heterocycles. The average Bonchev–Trinajstić information content (AvgIpc) is 2.38. The number of amides is 1. The molecule has 1 aliphatic rings. The first kappa shape index (κ1) is 13.5. The molecule has 1 saturated heterocycles. The molecule has 0 radical (unpaired) electrons. The minimum absolute atomic E-state index is 0.0241. The number of hydrogen-bond acceptors (Lipinski definition) is 4. The number of para-hydroxylation sites is 1. The first-order valence-corrected chi connectivity index (χ1v) is 6.33. The molecule has 2 N–H and O–H groups in total. The fourth-order valence-electron chi connectivity index (χ4n) is 2.35. The Labute approximate surface area is 111 Å². The second kappa shape index (κ2) is 5.79. The van der Waals surface area contributed by atoms with Gasteiger partial charge in [-0.05, 0) is 24.9 Å². The fourth-order valence-corrected chi connectivity index (χ4v) is 2.35. The third-order valence-electron chi connectivity index (χ3n) is 3.25. The number of nitro groups is 1. The van der Waals surface area contributed by atoms with Gasteiger partial charge in [-0.3, -0.25) is 14.9 Å². The van der Waals surface area contributed by atoms with Crippen molar-refractivity contribution in [3.05, 3.63) is 39.9 Å². The molecule has 0 aliphatic carbocycles. The highest BCUT2D eigenvalue weighted by Gasteiger charge is 2.24. The van der Waals surface area contributed by atoms with Crippen molar-refractivity contribution in [2.45, 2.75) is 19.4 Å². The maximum Gasteiger partial charge on any atom is 0.282 e. The molecule has 1 heterocycles. The van der Waals surface area contributed by atoms with Gasteiger partial charge >= 0.3 is 0 Å². The van der Waals surface area contributed by atoms with Gasteiger partial charge in [0.1, 0.15) is 5.56 Å². The van der Waals surface area contributed by atoms with Crippen molar-refractivity contribution in [2.24, 2.45) is 5.92 Å². The van der Waals surface area contributed by atoms with Crippen LogP contribution in [0.3, 0.4) is 0 Å². The van der Waals surface area contributed by atoms with Gasteiger partial charge in [0.05, 0.1) is 4.92 Å². The minimum atomic E-state index is -0.531. The van der Waals surface area contributed by atoms with Crippen molar-refractivity contribution in [1.82, 2.24) is 10.6 Å². The molecule has 2 rings (SSSR count). The summed E-state index contributed by atoms with van der Waals surface area (Å²) in [5.41, 5.74) is -0.0393. The molecule has 1 fully saturated rings. The zero-order chi connectivity index (χ0) is 13.8. The number of carbonyl (C=O) groups is 1. The molecule has 1 aromatic rings. The van der Waals surface area contributed by atoms with Crippen LogP contribution < -0.4 is 10.6 Å². The van der Waals surface area contributed by atoms with Crippen LogP contribution in [0.2, 0.25) is 0 Å². The fraction of sp³-hybridized carbons (Fsp3) is 0.462. The maximum absolute atomic E-state index is 12.1. The van der Waals surface area contributed by atoms with Gasteiger partial charge in [0.2, 0.25) is 0 Å². The molecule has 2 atom stereocenters. The molecule has 102 valence electrons. The summed E-state index contributed by atoms with van der Waals surface area (Å²) in [6.07, 6.45) is 0.888. The van der Waals surface area contributed by atoms with E-state index >= 15 is 0 Å². The Kier molecular flexibility index (Phi) is 4.11. The van der Waals surface area contributed by atoms with Gasteiger partial charge in [-0.1, -0.05) is 19.1 Å². The van der Waals surface area contributed by atoms with Gasteiger partial charge in [0, 0.05) is 18.7 Å². The molecule has 1 aliphatic heterocycles. The van der Waals surface area contributed by atoms with E-state index in [-0.39, 0.29) is 23.2 Å². The molecule has 1 amide bonds. The smallest absolute Gasteiger partial charge is 0.282 e. The molecular weight excluding hydrogens is 246 g/mol. The monoisotopic (exact) mass is 263 g/mol. The van der Waals surface area contributed by atoms with Gasteiger partial charge in [-0.25, -0.2) is 0 Å². The van der Waals surface area contributed by atoms with Gasteiger partial charge < -0.3 is 10.6 Å². The first-order chi connectivity index (χ1) is 9.08.